The second-order valence-electron chi connectivity index (χ2n) is 6.54. The average Bonchev–Trinajstić information content (AvgIpc) is 3.41. The molecule has 29 heavy (non-hydrogen) atoms. The Hall–Kier alpha value is -3.45. The van der Waals surface area contributed by atoms with Crippen LogP contribution in [0.1, 0.15) is 32.9 Å². The Morgan fingerprint density at radius 3 is 2.38 bits per heavy atom. The van der Waals surface area contributed by atoms with Crippen molar-refractivity contribution < 1.29 is 19.1 Å². The van der Waals surface area contributed by atoms with Crippen molar-refractivity contribution in [1.29, 1.82) is 0 Å². The minimum absolute atomic E-state index is 0.103. The Kier molecular flexibility index (Phi) is 5.39. The fraction of sp³-hybridized carbons (Fsp3) is 0.136. The standard InChI is InChI=1S/C22H18N2O4S/c25-20-4-1-13-24(20)17-9-5-15(6-10-17)22(27)28-18-11-7-16(8-12-18)23-21(26)19-3-2-14-29-19/h2-3,5-12,14H,1,4,13H2,(H,23,26). The molecule has 0 spiro atoms. The van der Waals surface area contributed by atoms with Crippen molar-refractivity contribution in [2.75, 3.05) is 16.8 Å². The van der Waals surface area contributed by atoms with E-state index in [1.807, 2.05) is 11.4 Å². The molecule has 4 rings (SSSR count). The lowest BCUT2D eigenvalue weighted by molar-refractivity contribution is -0.117. The summed E-state index contributed by atoms with van der Waals surface area (Å²) in [6.07, 6.45) is 1.42. The number of thiophene rings is 1. The van der Waals surface area contributed by atoms with Crippen molar-refractivity contribution >= 4 is 40.5 Å². The van der Waals surface area contributed by atoms with E-state index in [4.69, 9.17) is 4.74 Å². The van der Waals surface area contributed by atoms with E-state index in [1.165, 1.54) is 11.3 Å². The summed E-state index contributed by atoms with van der Waals surface area (Å²) in [5, 5.41) is 4.63. The van der Waals surface area contributed by atoms with Gasteiger partial charge in [-0.05, 0) is 66.4 Å². The molecule has 6 nitrogen and oxygen atoms in total. The molecule has 1 saturated heterocycles. The van der Waals surface area contributed by atoms with Gasteiger partial charge < -0.3 is 15.0 Å². The minimum Gasteiger partial charge on any atom is -0.423 e. The highest BCUT2D eigenvalue weighted by Crippen LogP contribution is 2.23. The number of hydrogen-bond acceptors (Lipinski definition) is 5. The summed E-state index contributed by atoms with van der Waals surface area (Å²) in [5.74, 6) is -0.185. The van der Waals surface area contributed by atoms with Gasteiger partial charge in [-0.3, -0.25) is 9.59 Å². The first-order chi connectivity index (χ1) is 14.1. The number of ether oxygens (including phenoxy) is 1. The zero-order valence-corrected chi connectivity index (χ0v) is 16.3. The molecule has 0 saturated carbocycles. The molecule has 0 atom stereocenters. The molecule has 0 aliphatic carbocycles. The van der Waals surface area contributed by atoms with Gasteiger partial charge in [-0.15, -0.1) is 11.3 Å². The molecule has 3 aromatic rings. The van der Waals surface area contributed by atoms with Crippen LogP contribution in [0.15, 0.2) is 66.0 Å². The quantitative estimate of drug-likeness (QED) is 0.505. The monoisotopic (exact) mass is 406 g/mol. The van der Waals surface area contributed by atoms with Crippen molar-refractivity contribution in [1.82, 2.24) is 0 Å². The van der Waals surface area contributed by atoms with Gasteiger partial charge in [0.1, 0.15) is 5.75 Å². The van der Waals surface area contributed by atoms with E-state index in [9.17, 15) is 14.4 Å². The first kappa shape index (κ1) is 18.9. The third-order valence-electron chi connectivity index (χ3n) is 4.56. The average molecular weight is 406 g/mol. The van der Waals surface area contributed by atoms with E-state index >= 15 is 0 Å². The fourth-order valence-corrected chi connectivity index (χ4v) is 3.69. The Labute approximate surface area is 171 Å². The molecule has 1 aliphatic rings. The molecule has 0 unspecified atom stereocenters. The van der Waals surface area contributed by atoms with Gasteiger partial charge in [0.05, 0.1) is 10.4 Å². The highest BCUT2D eigenvalue weighted by atomic mass is 32.1. The molecule has 146 valence electrons. The maximum absolute atomic E-state index is 12.4. The Morgan fingerprint density at radius 2 is 1.76 bits per heavy atom. The largest absolute Gasteiger partial charge is 0.423 e. The van der Waals surface area contributed by atoms with Crippen molar-refractivity contribution in [3.8, 4) is 5.75 Å². The second-order valence-corrected chi connectivity index (χ2v) is 7.49. The molecular weight excluding hydrogens is 388 g/mol. The number of benzene rings is 2. The Morgan fingerprint density at radius 1 is 1.00 bits per heavy atom. The molecule has 1 aromatic heterocycles. The first-order valence-electron chi connectivity index (χ1n) is 9.18. The fourth-order valence-electron chi connectivity index (χ4n) is 3.07. The highest BCUT2D eigenvalue weighted by molar-refractivity contribution is 7.12. The topological polar surface area (TPSA) is 75.7 Å². The summed E-state index contributed by atoms with van der Waals surface area (Å²) in [6.45, 7) is 0.706. The van der Waals surface area contributed by atoms with Crippen molar-refractivity contribution in [2.24, 2.45) is 0 Å². The lowest BCUT2D eigenvalue weighted by Gasteiger charge is -2.15. The normalized spacial score (nSPS) is 13.4. The Balaban J connectivity index is 1.37. The number of esters is 1. The number of amides is 2. The van der Waals surface area contributed by atoms with Gasteiger partial charge in [-0.2, -0.15) is 0 Å². The van der Waals surface area contributed by atoms with E-state index in [0.717, 1.165) is 12.1 Å². The number of carbonyl (C=O) groups is 3. The molecule has 2 amide bonds. The van der Waals surface area contributed by atoms with Gasteiger partial charge in [-0.1, -0.05) is 6.07 Å². The number of hydrogen-bond donors (Lipinski definition) is 1. The maximum atomic E-state index is 12.4. The predicted molar refractivity (Wildman–Crippen MR) is 112 cm³/mol. The van der Waals surface area contributed by atoms with Crippen LogP contribution in [0, 0.1) is 0 Å². The summed E-state index contributed by atoms with van der Waals surface area (Å²) >= 11 is 1.37. The van der Waals surface area contributed by atoms with Crippen LogP contribution in [0.4, 0.5) is 11.4 Å². The van der Waals surface area contributed by atoms with Crippen LogP contribution >= 0.6 is 11.3 Å². The van der Waals surface area contributed by atoms with Crippen molar-refractivity contribution in [3.63, 3.8) is 0 Å². The molecule has 2 aromatic carbocycles. The lowest BCUT2D eigenvalue weighted by Crippen LogP contribution is -2.23. The molecular formula is C22H18N2O4S. The number of rotatable bonds is 5. The van der Waals surface area contributed by atoms with Crippen molar-refractivity contribution in [3.05, 3.63) is 76.5 Å². The molecule has 2 heterocycles. The SMILES string of the molecule is O=C(Oc1ccc(NC(=O)c2cccs2)cc1)c1ccc(N2CCCC2=O)cc1. The number of anilines is 2. The minimum atomic E-state index is -0.486. The van der Waals surface area contributed by atoms with Gasteiger partial charge in [-0.25, -0.2) is 4.79 Å². The van der Waals surface area contributed by atoms with E-state index in [0.29, 0.717) is 34.8 Å². The van der Waals surface area contributed by atoms with Gasteiger partial charge in [0.15, 0.2) is 0 Å². The Bertz CT molecular complexity index is 1030. The zero-order valence-electron chi connectivity index (χ0n) is 15.5. The van der Waals surface area contributed by atoms with Gasteiger partial charge >= 0.3 is 5.97 Å². The molecule has 0 bridgehead atoms. The first-order valence-corrected chi connectivity index (χ1v) is 10.1. The summed E-state index contributed by atoms with van der Waals surface area (Å²) in [5.41, 5.74) is 1.80. The molecule has 0 radical (unpaired) electrons. The molecule has 1 aliphatic heterocycles. The van der Waals surface area contributed by atoms with Crippen LogP contribution in [0.5, 0.6) is 5.75 Å². The van der Waals surface area contributed by atoms with Crippen LogP contribution in [0.3, 0.4) is 0 Å². The molecule has 7 heteroatoms. The number of nitrogens with one attached hydrogen (secondary N) is 1. The van der Waals surface area contributed by atoms with Crippen LogP contribution in [0.2, 0.25) is 0 Å². The lowest BCUT2D eigenvalue weighted by atomic mass is 10.2. The van der Waals surface area contributed by atoms with Crippen LogP contribution in [-0.2, 0) is 4.79 Å². The summed E-state index contributed by atoms with van der Waals surface area (Å²) in [4.78, 5) is 38.6. The third-order valence-corrected chi connectivity index (χ3v) is 5.42. The van der Waals surface area contributed by atoms with Crippen LogP contribution < -0.4 is 15.0 Å². The number of carbonyl (C=O) groups excluding carboxylic acids is 3. The van der Waals surface area contributed by atoms with E-state index in [2.05, 4.69) is 5.32 Å². The smallest absolute Gasteiger partial charge is 0.343 e. The summed E-state index contributed by atoms with van der Waals surface area (Å²) < 4.78 is 5.39. The second kappa shape index (κ2) is 8.28. The number of nitrogens with zero attached hydrogens (tertiary/aromatic N) is 1. The van der Waals surface area contributed by atoms with Gasteiger partial charge in [0, 0.05) is 24.3 Å². The molecule has 1 fully saturated rings. The van der Waals surface area contributed by atoms with E-state index < -0.39 is 5.97 Å². The zero-order chi connectivity index (χ0) is 20.2. The predicted octanol–water partition coefficient (Wildman–Crippen LogP) is 4.35. The van der Waals surface area contributed by atoms with E-state index in [-0.39, 0.29) is 11.8 Å². The van der Waals surface area contributed by atoms with Gasteiger partial charge in [0.25, 0.3) is 5.91 Å². The third kappa shape index (κ3) is 4.35. The van der Waals surface area contributed by atoms with E-state index in [1.54, 1.807) is 59.5 Å². The van der Waals surface area contributed by atoms with Crippen molar-refractivity contribution in [2.45, 2.75) is 12.8 Å². The van der Waals surface area contributed by atoms with Crippen LogP contribution in [0.25, 0.3) is 0 Å². The highest BCUT2D eigenvalue weighted by Gasteiger charge is 2.21. The van der Waals surface area contributed by atoms with Crippen LogP contribution in [-0.4, -0.2) is 24.3 Å². The maximum Gasteiger partial charge on any atom is 0.343 e. The van der Waals surface area contributed by atoms with Gasteiger partial charge in [0.2, 0.25) is 5.91 Å². The summed E-state index contributed by atoms with van der Waals surface area (Å²) in [7, 11) is 0. The summed E-state index contributed by atoms with van der Waals surface area (Å²) in [6, 6.07) is 17.0. The molecule has 1 N–H and O–H groups in total.